The van der Waals surface area contributed by atoms with Crippen LogP contribution in [0.1, 0.15) is 10.4 Å². The number of hydrogen-bond donors (Lipinski definition) is 2. The first-order valence-electron chi connectivity index (χ1n) is 9.17. The first-order valence-corrected chi connectivity index (χ1v) is 10.7. The summed E-state index contributed by atoms with van der Waals surface area (Å²) in [6.07, 6.45) is 0. The zero-order valence-corrected chi connectivity index (χ0v) is 18.0. The highest BCUT2D eigenvalue weighted by Crippen LogP contribution is 2.40. The minimum Gasteiger partial charge on any atom is -0.493 e. The van der Waals surface area contributed by atoms with Crippen LogP contribution in [-0.2, 0) is 10.0 Å². The van der Waals surface area contributed by atoms with E-state index in [2.05, 4.69) is 10.0 Å². The minimum atomic E-state index is -3.71. The molecule has 0 saturated carbocycles. The molecule has 0 atom stereocenters. The zero-order chi connectivity index (χ0) is 22.4. The van der Waals surface area contributed by atoms with Gasteiger partial charge in [-0.1, -0.05) is 18.2 Å². The van der Waals surface area contributed by atoms with Crippen molar-refractivity contribution in [2.24, 2.45) is 0 Å². The third kappa shape index (κ3) is 5.07. The van der Waals surface area contributed by atoms with E-state index in [1.807, 2.05) is 0 Å². The fraction of sp³-hybridized carbons (Fsp3) is 0.136. The van der Waals surface area contributed by atoms with E-state index >= 15 is 0 Å². The van der Waals surface area contributed by atoms with Crippen molar-refractivity contribution < 1.29 is 27.4 Å². The Morgan fingerprint density at radius 1 is 0.774 bits per heavy atom. The van der Waals surface area contributed by atoms with Gasteiger partial charge in [0.2, 0.25) is 5.75 Å². The molecule has 0 saturated heterocycles. The van der Waals surface area contributed by atoms with Gasteiger partial charge in [-0.05, 0) is 36.4 Å². The fourth-order valence-corrected chi connectivity index (χ4v) is 3.94. The van der Waals surface area contributed by atoms with Crippen molar-refractivity contribution >= 4 is 27.3 Å². The van der Waals surface area contributed by atoms with Crippen LogP contribution in [0, 0.1) is 0 Å². The van der Waals surface area contributed by atoms with Gasteiger partial charge < -0.3 is 19.5 Å². The summed E-state index contributed by atoms with van der Waals surface area (Å²) >= 11 is 0. The van der Waals surface area contributed by atoms with Crippen LogP contribution in [0.3, 0.4) is 0 Å². The van der Waals surface area contributed by atoms with Crippen LogP contribution >= 0.6 is 0 Å². The lowest BCUT2D eigenvalue weighted by molar-refractivity contribution is 0.102. The molecule has 0 unspecified atom stereocenters. The highest BCUT2D eigenvalue weighted by Gasteiger charge is 2.16. The van der Waals surface area contributed by atoms with Gasteiger partial charge in [0.25, 0.3) is 15.9 Å². The quantitative estimate of drug-likeness (QED) is 0.551. The second-order valence-electron chi connectivity index (χ2n) is 6.36. The highest BCUT2D eigenvalue weighted by atomic mass is 32.2. The van der Waals surface area contributed by atoms with Gasteiger partial charge in [0.1, 0.15) is 0 Å². The Hall–Kier alpha value is -3.72. The molecule has 0 aliphatic carbocycles. The van der Waals surface area contributed by atoms with E-state index < -0.39 is 10.0 Å². The fourth-order valence-electron chi connectivity index (χ4n) is 2.86. The monoisotopic (exact) mass is 442 g/mol. The molecule has 3 rings (SSSR count). The molecule has 8 nitrogen and oxygen atoms in total. The SMILES string of the molecule is COc1cc(NC(=O)c2ccc(NS(=O)(=O)c3ccccc3)cc2)cc(OC)c1OC. The summed E-state index contributed by atoms with van der Waals surface area (Å²) in [5.74, 6) is 0.843. The van der Waals surface area contributed by atoms with Crippen molar-refractivity contribution in [3.8, 4) is 17.2 Å². The van der Waals surface area contributed by atoms with Gasteiger partial charge in [-0.2, -0.15) is 0 Å². The van der Waals surface area contributed by atoms with Gasteiger partial charge in [0.05, 0.1) is 26.2 Å². The highest BCUT2D eigenvalue weighted by molar-refractivity contribution is 7.92. The maximum Gasteiger partial charge on any atom is 0.261 e. The largest absolute Gasteiger partial charge is 0.493 e. The van der Waals surface area contributed by atoms with Gasteiger partial charge in [-0.15, -0.1) is 0 Å². The smallest absolute Gasteiger partial charge is 0.261 e. The summed E-state index contributed by atoms with van der Waals surface area (Å²) < 4.78 is 43.1. The Balaban J connectivity index is 1.75. The molecular formula is C22H22N2O6S. The van der Waals surface area contributed by atoms with Gasteiger partial charge in [0.15, 0.2) is 11.5 Å². The van der Waals surface area contributed by atoms with E-state index in [-0.39, 0.29) is 10.8 Å². The van der Waals surface area contributed by atoms with Crippen molar-refractivity contribution in [1.29, 1.82) is 0 Å². The number of ether oxygens (including phenoxy) is 3. The number of rotatable bonds is 8. The van der Waals surface area contributed by atoms with Gasteiger partial charge in [-0.3, -0.25) is 9.52 Å². The molecule has 0 aliphatic heterocycles. The van der Waals surface area contributed by atoms with Crippen molar-refractivity contribution in [3.05, 3.63) is 72.3 Å². The van der Waals surface area contributed by atoms with Crippen LogP contribution < -0.4 is 24.2 Å². The molecule has 0 radical (unpaired) electrons. The summed E-state index contributed by atoms with van der Waals surface area (Å²) in [6, 6.07) is 17.3. The lowest BCUT2D eigenvalue weighted by atomic mass is 10.2. The predicted octanol–water partition coefficient (Wildman–Crippen LogP) is 3.77. The summed E-state index contributed by atoms with van der Waals surface area (Å²) in [6.45, 7) is 0. The van der Waals surface area contributed by atoms with E-state index in [0.717, 1.165) is 0 Å². The minimum absolute atomic E-state index is 0.152. The second kappa shape index (κ2) is 9.40. The molecule has 1 amide bonds. The van der Waals surface area contributed by atoms with Gasteiger partial charge in [-0.25, -0.2) is 8.42 Å². The lowest BCUT2D eigenvalue weighted by Crippen LogP contribution is -2.14. The van der Waals surface area contributed by atoms with Crippen LogP contribution in [0.4, 0.5) is 11.4 Å². The van der Waals surface area contributed by atoms with Crippen molar-refractivity contribution in [3.63, 3.8) is 0 Å². The molecular weight excluding hydrogens is 420 g/mol. The maximum absolute atomic E-state index is 12.6. The van der Waals surface area contributed by atoms with E-state index in [0.29, 0.717) is 34.2 Å². The van der Waals surface area contributed by atoms with E-state index in [1.165, 1.54) is 57.7 Å². The molecule has 162 valence electrons. The Morgan fingerprint density at radius 3 is 1.87 bits per heavy atom. The molecule has 0 spiro atoms. The van der Waals surface area contributed by atoms with Crippen molar-refractivity contribution in [2.75, 3.05) is 31.4 Å². The summed E-state index contributed by atoms with van der Waals surface area (Å²) in [5, 5.41) is 2.76. The van der Waals surface area contributed by atoms with E-state index in [9.17, 15) is 13.2 Å². The van der Waals surface area contributed by atoms with Crippen LogP contribution in [0.5, 0.6) is 17.2 Å². The Kier molecular flexibility index (Phi) is 6.66. The maximum atomic E-state index is 12.6. The Bertz CT molecular complexity index is 1140. The Labute approximate surface area is 180 Å². The number of methoxy groups -OCH3 is 3. The zero-order valence-electron chi connectivity index (χ0n) is 17.2. The first-order chi connectivity index (χ1) is 14.9. The lowest BCUT2D eigenvalue weighted by Gasteiger charge is -2.14. The van der Waals surface area contributed by atoms with E-state index in [1.54, 1.807) is 30.3 Å². The van der Waals surface area contributed by atoms with E-state index in [4.69, 9.17) is 14.2 Å². The topological polar surface area (TPSA) is 103 Å². The third-order valence-corrected chi connectivity index (χ3v) is 5.77. The number of nitrogens with one attached hydrogen (secondary N) is 2. The molecule has 0 bridgehead atoms. The second-order valence-corrected chi connectivity index (χ2v) is 8.05. The van der Waals surface area contributed by atoms with Crippen molar-refractivity contribution in [2.45, 2.75) is 4.90 Å². The average molecular weight is 442 g/mol. The number of benzene rings is 3. The van der Waals surface area contributed by atoms with Crippen LogP contribution in [-0.4, -0.2) is 35.7 Å². The van der Waals surface area contributed by atoms with Crippen molar-refractivity contribution in [1.82, 2.24) is 0 Å². The normalized spacial score (nSPS) is 10.8. The third-order valence-electron chi connectivity index (χ3n) is 4.38. The number of hydrogen-bond acceptors (Lipinski definition) is 6. The first kappa shape index (κ1) is 22.0. The number of amides is 1. The average Bonchev–Trinajstić information content (AvgIpc) is 2.79. The standard InChI is InChI=1S/C22H22N2O6S/c1-28-19-13-17(14-20(29-2)21(19)30-3)23-22(25)15-9-11-16(12-10-15)24-31(26,27)18-7-5-4-6-8-18/h4-14,24H,1-3H3,(H,23,25). The van der Waals surface area contributed by atoms with Crippen LogP contribution in [0.25, 0.3) is 0 Å². The number of sulfonamides is 1. The summed E-state index contributed by atoms with van der Waals surface area (Å²) in [4.78, 5) is 12.8. The molecule has 0 aromatic heterocycles. The van der Waals surface area contributed by atoms with Gasteiger partial charge in [0, 0.05) is 29.1 Å². The number of carbonyl (C=O) groups is 1. The molecule has 3 aromatic rings. The molecule has 3 aromatic carbocycles. The molecule has 31 heavy (non-hydrogen) atoms. The molecule has 0 heterocycles. The van der Waals surface area contributed by atoms with Crippen LogP contribution in [0.15, 0.2) is 71.6 Å². The Morgan fingerprint density at radius 2 is 1.35 bits per heavy atom. The number of anilines is 2. The molecule has 0 aliphatic rings. The van der Waals surface area contributed by atoms with Crippen LogP contribution in [0.2, 0.25) is 0 Å². The predicted molar refractivity (Wildman–Crippen MR) is 118 cm³/mol. The molecule has 2 N–H and O–H groups in total. The van der Waals surface area contributed by atoms with Gasteiger partial charge >= 0.3 is 0 Å². The molecule has 9 heteroatoms. The summed E-state index contributed by atoms with van der Waals surface area (Å²) in [5.41, 5.74) is 1.14. The number of carbonyl (C=O) groups excluding carboxylic acids is 1. The summed E-state index contributed by atoms with van der Waals surface area (Å²) in [7, 11) is 0.754. The molecule has 0 fully saturated rings.